The fourth-order valence-electron chi connectivity index (χ4n) is 4.36. The normalized spacial score (nSPS) is 12.1. The molecule has 0 bridgehead atoms. The van der Waals surface area contributed by atoms with Gasteiger partial charge in [-0.2, -0.15) is 5.26 Å². The summed E-state index contributed by atoms with van der Waals surface area (Å²) in [6, 6.07) is 29.9. The standard InChI is InChI=1S/C25H22ClNO3.C9H12NO5PS/c1-17(2)24(18-11-13-20(26)14-12-18)25(28)30-23(16-27)19-7-6-10-22(15-19)29-21-8-4-3-5-9-21;1-7-6-8(4-5-9(7)10(11)12)15-16(17,13-2)14-3/h3-15,17,23-24H,1-2H3;4-6H,1-3H3. The van der Waals surface area contributed by atoms with Gasteiger partial charge in [0.05, 0.1) is 10.8 Å². The molecule has 2 atom stereocenters. The van der Waals surface area contributed by atoms with Gasteiger partial charge in [-0.05, 0) is 66.9 Å². The van der Waals surface area contributed by atoms with Gasteiger partial charge in [0.2, 0.25) is 6.10 Å². The largest absolute Gasteiger partial charge is 0.457 e. The maximum atomic E-state index is 13.0. The van der Waals surface area contributed by atoms with Gasteiger partial charge < -0.3 is 23.0 Å². The van der Waals surface area contributed by atoms with Crippen molar-refractivity contribution in [2.45, 2.75) is 32.8 Å². The number of nitrogens with zero attached hydrogens (tertiary/aromatic N) is 2. The van der Waals surface area contributed by atoms with Crippen LogP contribution in [0.3, 0.4) is 0 Å². The molecule has 0 amide bonds. The number of nitriles is 1. The summed E-state index contributed by atoms with van der Waals surface area (Å²) in [6.07, 6.45) is -1.04. The zero-order valence-electron chi connectivity index (χ0n) is 26.4. The van der Waals surface area contributed by atoms with Gasteiger partial charge in [0, 0.05) is 48.2 Å². The van der Waals surface area contributed by atoms with Crippen molar-refractivity contribution in [2.75, 3.05) is 14.2 Å². The van der Waals surface area contributed by atoms with Crippen LogP contribution in [0.1, 0.15) is 42.6 Å². The van der Waals surface area contributed by atoms with Gasteiger partial charge in [-0.25, -0.2) is 0 Å². The highest BCUT2D eigenvalue weighted by atomic mass is 35.5. The number of halogens is 1. The number of carbonyl (C=O) groups is 1. The van der Waals surface area contributed by atoms with Crippen molar-refractivity contribution >= 4 is 41.8 Å². The minimum atomic E-state index is -2.80. The van der Waals surface area contributed by atoms with E-state index in [1.807, 2.05) is 56.3 Å². The van der Waals surface area contributed by atoms with Gasteiger partial charge in [-0.1, -0.05) is 67.9 Å². The van der Waals surface area contributed by atoms with E-state index in [-0.39, 0.29) is 11.6 Å². The van der Waals surface area contributed by atoms with Crippen molar-refractivity contribution in [3.05, 3.63) is 129 Å². The Kier molecular flexibility index (Phi) is 13.9. The smallest absolute Gasteiger partial charge is 0.380 e. The summed E-state index contributed by atoms with van der Waals surface area (Å²) in [7, 11) is 2.78. The Morgan fingerprint density at radius 3 is 2.09 bits per heavy atom. The number of carbonyl (C=O) groups excluding carboxylic acids is 1. The molecule has 13 heteroatoms. The number of esters is 1. The summed E-state index contributed by atoms with van der Waals surface area (Å²) in [5.74, 6) is 0.678. The average Bonchev–Trinajstić information content (AvgIpc) is 3.05. The number of ether oxygens (including phenoxy) is 2. The Morgan fingerprint density at radius 1 is 0.894 bits per heavy atom. The highest BCUT2D eigenvalue weighted by Gasteiger charge is 2.29. The Balaban J connectivity index is 0.000000300. The molecule has 0 aliphatic rings. The molecule has 0 heterocycles. The Hall–Kier alpha value is -4.30. The monoisotopic (exact) mass is 696 g/mol. The first-order valence-electron chi connectivity index (χ1n) is 14.2. The van der Waals surface area contributed by atoms with E-state index in [0.29, 0.717) is 33.4 Å². The molecular weight excluding hydrogens is 663 g/mol. The molecular formula is C34H34ClN2O8PS. The maximum Gasteiger partial charge on any atom is 0.380 e. The van der Waals surface area contributed by atoms with Gasteiger partial charge >= 0.3 is 12.7 Å². The number of hydrogen-bond donors (Lipinski definition) is 0. The van der Waals surface area contributed by atoms with Crippen LogP contribution in [0, 0.1) is 34.3 Å². The van der Waals surface area contributed by atoms with Crippen molar-refractivity contribution in [3.8, 4) is 23.3 Å². The van der Waals surface area contributed by atoms with E-state index in [4.69, 9.17) is 46.5 Å². The number of nitro groups is 1. The number of rotatable bonds is 12. The van der Waals surface area contributed by atoms with Crippen LogP contribution in [0.4, 0.5) is 5.69 Å². The molecule has 2 unspecified atom stereocenters. The number of hydrogen-bond acceptors (Lipinski definition) is 10. The second-order valence-electron chi connectivity index (χ2n) is 10.3. The summed E-state index contributed by atoms with van der Waals surface area (Å²) in [4.78, 5) is 23.1. The second-order valence-corrected chi connectivity index (χ2v) is 13.9. The van der Waals surface area contributed by atoms with E-state index in [0.717, 1.165) is 5.56 Å². The zero-order chi connectivity index (χ0) is 34.6. The lowest BCUT2D eigenvalue weighted by atomic mass is 9.88. The van der Waals surface area contributed by atoms with Crippen LogP contribution in [-0.2, 0) is 30.4 Å². The Bertz CT molecular complexity index is 1740. The van der Waals surface area contributed by atoms with Gasteiger partial charge in [-0.15, -0.1) is 0 Å². The number of benzene rings is 4. The van der Waals surface area contributed by atoms with E-state index in [1.54, 1.807) is 43.3 Å². The first-order valence-corrected chi connectivity index (χ1v) is 17.2. The van der Waals surface area contributed by atoms with Crippen LogP contribution in [0.25, 0.3) is 0 Å². The first kappa shape index (κ1) is 37.2. The molecule has 0 aromatic heterocycles. The quantitative estimate of drug-likeness (QED) is 0.0611. The highest BCUT2D eigenvalue weighted by molar-refractivity contribution is 8.07. The van der Waals surface area contributed by atoms with Gasteiger partial charge in [0.1, 0.15) is 23.3 Å². The number of aryl methyl sites for hydroxylation is 1. The van der Waals surface area contributed by atoms with Crippen LogP contribution in [0.5, 0.6) is 17.2 Å². The lowest BCUT2D eigenvalue weighted by molar-refractivity contribution is -0.385. The predicted octanol–water partition coefficient (Wildman–Crippen LogP) is 9.48. The molecule has 0 aliphatic heterocycles. The third kappa shape index (κ3) is 10.9. The number of para-hydroxylation sites is 1. The van der Waals surface area contributed by atoms with Gasteiger partial charge in [0.15, 0.2) is 0 Å². The van der Waals surface area contributed by atoms with Crippen LogP contribution >= 0.6 is 18.3 Å². The minimum absolute atomic E-state index is 0.00855. The van der Waals surface area contributed by atoms with Crippen molar-refractivity contribution in [1.82, 2.24) is 0 Å². The molecule has 47 heavy (non-hydrogen) atoms. The van der Waals surface area contributed by atoms with Crippen LogP contribution < -0.4 is 9.26 Å². The van der Waals surface area contributed by atoms with Crippen molar-refractivity contribution in [3.63, 3.8) is 0 Å². The second kappa shape index (κ2) is 17.6. The van der Waals surface area contributed by atoms with E-state index < -0.39 is 29.6 Å². The minimum Gasteiger partial charge on any atom is -0.457 e. The number of nitro benzene ring substituents is 1. The summed E-state index contributed by atoms with van der Waals surface area (Å²) in [5.41, 5.74) is 1.87. The maximum absolute atomic E-state index is 13.0. The average molecular weight is 697 g/mol. The van der Waals surface area contributed by atoms with Crippen LogP contribution in [0.2, 0.25) is 5.02 Å². The summed E-state index contributed by atoms with van der Waals surface area (Å²) >= 11 is 11.0. The molecule has 0 saturated carbocycles. The fourth-order valence-corrected chi connectivity index (χ4v) is 5.41. The fraction of sp³-hybridized carbons (Fsp3) is 0.235. The molecule has 0 radical (unpaired) electrons. The predicted molar refractivity (Wildman–Crippen MR) is 183 cm³/mol. The molecule has 246 valence electrons. The molecule has 4 aromatic carbocycles. The van der Waals surface area contributed by atoms with E-state index >= 15 is 0 Å². The molecule has 0 fully saturated rings. The van der Waals surface area contributed by atoms with Crippen LogP contribution in [-0.4, -0.2) is 25.1 Å². The third-order valence-corrected chi connectivity index (χ3v) is 9.37. The van der Waals surface area contributed by atoms with E-state index in [2.05, 4.69) is 6.07 Å². The molecule has 0 N–H and O–H groups in total. The Morgan fingerprint density at radius 2 is 1.53 bits per heavy atom. The molecule has 4 rings (SSSR count). The Labute approximate surface area is 284 Å². The third-order valence-electron chi connectivity index (χ3n) is 6.67. The highest BCUT2D eigenvalue weighted by Crippen LogP contribution is 2.48. The van der Waals surface area contributed by atoms with Gasteiger partial charge in [-0.3, -0.25) is 14.9 Å². The van der Waals surface area contributed by atoms with E-state index in [1.165, 1.54) is 32.4 Å². The van der Waals surface area contributed by atoms with Crippen LogP contribution in [0.15, 0.2) is 97.1 Å². The molecule has 0 spiro atoms. The molecule has 0 saturated heterocycles. The molecule has 0 aliphatic carbocycles. The van der Waals surface area contributed by atoms with Gasteiger partial charge in [0.25, 0.3) is 5.69 Å². The topological polar surface area (TPSA) is 130 Å². The summed E-state index contributed by atoms with van der Waals surface area (Å²) < 4.78 is 26.7. The lowest BCUT2D eigenvalue weighted by Gasteiger charge is -2.22. The lowest BCUT2D eigenvalue weighted by Crippen LogP contribution is -2.22. The van der Waals surface area contributed by atoms with Crippen molar-refractivity contribution in [1.29, 1.82) is 5.26 Å². The van der Waals surface area contributed by atoms with Crippen molar-refractivity contribution < 1.29 is 32.8 Å². The summed E-state index contributed by atoms with van der Waals surface area (Å²) in [6.45, 7) is 2.70. The summed E-state index contributed by atoms with van der Waals surface area (Å²) in [5, 5.41) is 20.9. The van der Waals surface area contributed by atoms with Crippen molar-refractivity contribution in [2.24, 2.45) is 5.92 Å². The zero-order valence-corrected chi connectivity index (χ0v) is 28.8. The van der Waals surface area contributed by atoms with E-state index in [9.17, 15) is 20.2 Å². The molecule has 4 aromatic rings. The molecule has 10 nitrogen and oxygen atoms in total. The first-order chi connectivity index (χ1) is 22.4. The SMILES string of the molecule is CC(C)C(C(=O)OC(C#N)c1cccc(Oc2ccccc2)c1)c1ccc(Cl)cc1.COP(=S)(OC)Oc1ccc([N+](=O)[O-])c(C)c1.